The van der Waals surface area contributed by atoms with E-state index in [0.717, 1.165) is 5.56 Å². The van der Waals surface area contributed by atoms with Crippen molar-refractivity contribution in [3.8, 4) is 0 Å². The lowest BCUT2D eigenvalue weighted by Gasteiger charge is -2.39. The molecule has 0 radical (unpaired) electrons. The summed E-state index contributed by atoms with van der Waals surface area (Å²) in [5.41, 5.74) is 6.88. The van der Waals surface area contributed by atoms with Gasteiger partial charge in [-0.05, 0) is 38.2 Å². The van der Waals surface area contributed by atoms with E-state index in [1.54, 1.807) is 23.9 Å². The van der Waals surface area contributed by atoms with Crippen LogP contribution >= 0.6 is 24.0 Å². The minimum absolute atomic E-state index is 0.269. The van der Waals surface area contributed by atoms with E-state index in [1.165, 1.54) is 4.31 Å². The predicted molar refractivity (Wildman–Crippen MR) is 92.2 cm³/mol. The smallest absolute Gasteiger partial charge is 0.243 e. The molecule has 0 aliphatic carbocycles. The molecule has 1 aliphatic rings. The van der Waals surface area contributed by atoms with Gasteiger partial charge in [0.05, 0.1) is 14.6 Å². The Hall–Kier alpha value is -0.630. The van der Waals surface area contributed by atoms with E-state index < -0.39 is 10.0 Å². The van der Waals surface area contributed by atoms with E-state index in [9.17, 15) is 8.42 Å². The van der Waals surface area contributed by atoms with E-state index >= 15 is 0 Å². The number of nitrogens with zero attached hydrogens (tertiary/aromatic N) is 1. The van der Waals surface area contributed by atoms with Gasteiger partial charge in [0.1, 0.15) is 0 Å². The fourth-order valence-electron chi connectivity index (χ4n) is 2.50. The molecular formula is C14H20N2O2S3. The van der Waals surface area contributed by atoms with Crippen LogP contribution in [0.5, 0.6) is 0 Å². The van der Waals surface area contributed by atoms with Crippen LogP contribution in [0.25, 0.3) is 0 Å². The van der Waals surface area contributed by atoms with Crippen molar-refractivity contribution >= 4 is 39.0 Å². The van der Waals surface area contributed by atoms with Gasteiger partial charge < -0.3 is 5.73 Å². The quantitative estimate of drug-likeness (QED) is 0.848. The molecule has 0 aromatic heterocycles. The summed E-state index contributed by atoms with van der Waals surface area (Å²) in [4.78, 5) is 0.822. The highest BCUT2D eigenvalue weighted by atomic mass is 32.2. The van der Waals surface area contributed by atoms with Crippen molar-refractivity contribution in [3.05, 3.63) is 29.8 Å². The van der Waals surface area contributed by atoms with Crippen LogP contribution in [0, 0.1) is 6.92 Å². The summed E-state index contributed by atoms with van der Waals surface area (Å²) in [7, 11) is -3.42. The van der Waals surface area contributed by atoms with Gasteiger partial charge in [-0.1, -0.05) is 29.9 Å². The Kier molecular flexibility index (Phi) is 4.97. The molecule has 1 heterocycles. The van der Waals surface area contributed by atoms with Crippen molar-refractivity contribution in [3.63, 3.8) is 0 Å². The van der Waals surface area contributed by atoms with Crippen LogP contribution in [-0.4, -0.2) is 41.8 Å². The molecule has 2 N–H and O–H groups in total. The maximum Gasteiger partial charge on any atom is 0.243 e. The lowest BCUT2D eigenvalue weighted by atomic mass is 9.97. The molecule has 0 unspecified atom stereocenters. The molecule has 1 aromatic rings. The fraction of sp³-hybridized carbons (Fsp3) is 0.500. The molecule has 0 spiro atoms. The second-order valence-electron chi connectivity index (χ2n) is 5.28. The van der Waals surface area contributed by atoms with E-state index in [2.05, 4.69) is 0 Å². The molecule has 1 fully saturated rings. The third-order valence-corrected chi connectivity index (χ3v) is 7.87. The van der Waals surface area contributed by atoms with E-state index in [4.69, 9.17) is 18.0 Å². The lowest BCUT2D eigenvalue weighted by molar-refractivity contribution is 0.333. The summed E-state index contributed by atoms with van der Waals surface area (Å²) in [5.74, 6) is 0. The molecule has 0 bridgehead atoms. The van der Waals surface area contributed by atoms with Gasteiger partial charge in [0, 0.05) is 13.1 Å². The molecule has 0 saturated carbocycles. The van der Waals surface area contributed by atoms with Crippen molar-refractivity contribution in [1.29, 1.82) is 0 Å². The predicted octanol–water partition coefficient (Wildman–Crippen LogP) is 2.17. The molecule has 1 aliphatic heterocycles. The maximum atomic E-state index is 12.6. The third kappa shape index (κ3) is 3.26. The number of hydrogen-bond acceptors (Lipinski definition) is 4. The van der Waals surface area contributed by atoms with Crippen molar-refractivity contribution in [2.75, 3.05) is 19.3 Å². The third-order valence-electron chi connectivity index (χ3n) is 4.03. The van der Waals surface area contributed by atoms with Gasteiger partial charge in [-0.2, -0.15) is 16.1 Å². The van der Waals surface area contributed by atoms with E-state index in [1.807, 2.05) is 25.3 Å². The standard InChI is InChI=1S/C14H20N2O2S3/c1-11-3-5-12(6-4-11)21(17,18)16-9-7-14(20-2,8-10-16)13(15)19/h3-6H,7-10H2,1-2H3,(H2,15,19). The number of piperidine rings is 1. The molecule has 116 valence electrons. The van der Waals surface area contributed by atoms with Gasteiger partial charge in [0.2, 0.25) is 10.0 Å². The first-order valence-corrected chi connectivity index (χ1v) is 9.81. The Morgan fingerprint density at radius 2 is 1.81 bits per heavy atom. The lowest BCUT2D eigenvalue weighted by Crippen LogP contribution is -2.50. The SMILES string of the molecule is CSC1(C(N)=S)CCN(S(=O)(=O)c2ccc(C)cc2)CC1. The minimum atomic E-state index is -3.42. The number of thioether (sulfide) groups is 1. The average molecular weight is 345 g/mol. The second-order valence-corrected chi connectivity index (χ2v) is 8.85. The van der Waals surface area contributed by atoms with Gasteiger partial charge in [-0.15, -0.1) is 0 Å². The number of rotatable bonds is 4. The Morgan fingerprint density at radius 1 is 1.29 bits per heavy atom. The molecular weight excluding hydrogens is 324 g/mol. The number of aryl methyl sites for hydroxylation is 1. The minimum Gasteiger partial charge on any atom is -0.392 e. The van der Waals surface area contributed by atoms with Crippen LogP contribution in [0.15, 0.2) is 29.2 Å². The number of sulfonamides is 1. The highest BCUT2D eigenvalue weighted by molar-refractivity contribution is 8.02. The monoisotopic (exact) mass is 344 g/mol. The van der Waals surface area contributed by atoms with Gasteiger partial charge in [-0.3, -0.25) is 0 Å². The number of hydrogen-bond donors (Lipinski definition) is 1. The summed E-state index contributed by atoms with van der Waals surface area (Å²) >= 11 is 6.78. The number of benzene rings is 1. The van der Waals surface area contributed by atoms with Crippen LogP contribution in [-0.2, 0) is 10.0 Å². The summed E-state index contributed by atoms with van der Waals surface area (Å²) in [5, 5.41) is 0. The zero-order chi connectivity index (χ0) is 15.7. The van der Waals surface area contributed by atoms with Gasteiger partial charge >= 0.3 is 0 Å². The van der Waals surface area contributed by atoms with Crippen molar-refractivity contribution in [1.82, 2.24) is 4.31 Å². The highest BCUT2D eigenvalue weighted by Crippen LogP contribution is 2.36. The molecule has 21 heavy (non-hydrogen) atoms. The number of thiocarbonyl (C=S) groups is 1. The second kappa shape index (κ2) is 6.24. The normalized spacial score (nSPS) is 19.3. The topological polar surface area (TPSA) is 63.4 Å². The Bertz CT molecular complexity index is 618. The molecule has 2 rings (SSSR count). The molecule has 0 amide bonds. The van der Waals surface area contributed by atoms with Crippen molar-refractivity contribution in [2.24, 2.45) is 5.73 Å². The first-order chi connectivity index (χ1) is 9.82. The zero-order valence-corrected chi connectivity index (χ0v) is 14.7. The summed E-state index contributed by atoms with van der Waals surface area (Å²) in [6.07, 6.45) is 3.30. The summed E-state index contributed by atoms with van der Waals surface area (Å²) < 4.78 is 26.5. The van der Waals surface area contributed by atoms with Crippen LogP contribution in [0.4, 0.5) is 0 Å². The van der Waals surface area contributed by atoms with E-state index in [-0.39, 0.29) is 4.75 Å². The fourth-order valence-corrected chi connectivity index (χ4v) is 5.19. The summed E-state index contributed by atoms with van der Waals surface area (Å²) in [6, 6.07) is 6.96. The van der Waals surface area contributed by atoms with Crippen molar-refractivity contribution in [2.45, 2.75) is 29.4 Å². The molecule has 1 saturated heterocycles. The molecule has 7 heteroatoms. The molecule has 4 nitrogen and oxygen atoms in total. The summed E-state index contributed by atoms with van der Waals surface area (Å²) in [6.45, 7) is 2.84. The highest BCUT2D eigenvalue weighted by Gasteiger charge is 2.40. The Labute approximate surface area is 136 Å². The Morgan fingerprint density at radius 3 is 2.24 bits per heavy atom. The van der Waals surface area contributed by atoms with Crippen LogP contribution in [0.3, 0.4) is 0 Å². The first kappa shape index (κ1) is 16.7. The maximum absolute atomic E-state index is 12.6. The molecule has 1 aromatic carbocycles. The van der Waals surface area contributed by atoms with Crippen LogP contribution < -0.4 is 5.73 Å². The van der Waals surface area contributed by atoms with Gasteiger partial charge in [-0.25, -0.2) is 8.42 Å². The van der Waals surface area contributed by atoms with Crippen molar-refractivity contribution < 1.29 is 8.42 Å². The zero-order valence-electron chi connectivity index (χ0n) is 12.2. The van der Waals surface area contributed by atoms with Crippen LogP contribution in [0.2, 0.25) is 0 Å². The van der Waals surface area contributed by atoms with E-state index in [0.29, 0.717) is 35.8 Å². The number of nitrogens with two attached hydrogens (primary N) is 1. The van der Waals surface area contributed by atoms with Gasteiger partial charge in [0.15, 0.2) is 0 Å². The Balaban J connectivity index is 2.18. The van der Waals surface area contributed by atoms with Crippen LogP contribution in [0.1, 0.15) is 18.4 Å². The van der Waals surface area contributed by atoms with Gasteiger partial charge in [0.25, 0.3) is 0 Å². The first-order valence-electron chi connectivity index (χ1n) is 6.74. The molecule has 0 atom stereocenters. The average Bonchev–Trinajstić information content (AvgIpc) is 2.47. The largest absolute Gasteiger partial charge is 0.392 e.